The minimum absolute atomic E-state index is 0.134. The molecule has 3 atom stereocenters. The third-order valence-corrected chi connectivity index (χ3v) is 1.39. The molecule has 3 unspecified atom stereocenters. The maximum atomic E-state index is 8.93. The van der Waals surface area contributed by atoms with E-state index in [4.69, 9.17) is 21.7 Å². The summed E-state index contributed by atoms with van der Waals surface area (Å²) in [6.45, 7) is 1.78. The Kier molecular flexibility index (Phi) is 3.72. The summed E-state index contributed by atoms with van der Waals surface area (Å²) in [5.41, 5.74) is 10.1. The number of hydrogen-bond acceptors (Lipinski definition) is 4. The molecule has 0 spiro atoms. The van der Waals surface area contributed by atoms with Gasteiger partial charge in [-0.3, -0.25) is 0 Å². The molecule has 0 fully saturated rings. The van der Waals surface area contributed by atoms with E-state index in [0.717, 1.165) is 0 Å². The van der Waals surface area contributed by atoms with Crippen molar-refractivity contribution < 1.29 is 10.2 Å². The van der Waals surface area contributed by atoms with E-state index in [-0.39, 0.29) is 12.5 Å². The second kappa shape index (κ2) is 3.79. The normalized spacial score (nSPS) is 21.0. The van der Waals surface area contributed by atoms with E-state index >= 15 is 0 Å². The molecule has 0 saturated heterocycles. The minimum Gasteiger partial charge on any atom is -0.391 e. The zero-order chi connectivity index (χ0) is 7.44. The minimum atomic E-state index is -0.983. The van der Waals surface area contributed by atoms with E-state index in [1.165, 1.54) is 0 Å². The van der Waals surface area contributed by atoms with Gasteiger partial charge < -0.3 is 21.7 Å². The molecule has 0 aromatic carbocycles. The molecule has 0 radical (unpaired) electrons. The second-order valence-corrected chi connectivity index (χ2v) is 2.15. The van der Waals surface area contributed by atoms with Crippen LogP contribution >= 0.6 is 0 Å². The molecule has 0 aliphatic heterocycles. The maximum Gasteiger partial charge on any atom is 0.107 e. The van der Waals surface area contributed by atoms with Gasteiger partial charge in [-0.25, -0.2) is 0 Å². The van der Waals surface area contributed by atoms with Crippen LogP contribution in [0.2, 0.25) is 0 Å². The van der Waals surface area contributed by atoms with E-state index in [2.05, 4.69) is 0 Å². The lowest BCUT2D eigenvalue weighted by Gasteiger charge is -2.18. The molecule has 0 rings (SSSR count). The fraction of sp³-hybridized carbons (Fsp3) is 1.00. The van der Waals surface area contributed by atoms with Crippen LogP contribution in [0.25, 0.3) is 0 Å². The second-order valence-electron chi connectivity index (χ2n) is 2.15. The van der Waals surface area contributed by atoms with E-state index in [1.807, 2.05) is 0 Å². The summed E-state index contributed by atoms with van der Waals surface area (Å²) in [5, 5.41) is 17.6. The highest BCUT2D eigenvalue weighted by Crippen LogP contribution is 2.02. The van der Waals surface area contributed by atoms with Crippen LogP contribution in [0.1, 0.15) is 6.92 Å². The third-order valence-electron chi connectivity index (χ3n) is 1.39. The highest BCUT2D eigenvalue weighted by molar-refractivity contribution is 4.67. The predicted octanol–water partition coefficient (Wildman–Crippen LogP) is -1.78. The van der Waals surface area contributed by atoms with Gasteiger partial charge >= 0.3 is 0 Å². The molecule has 0 aliphatic carbocycles. The summed E-state index contributed by atoms with van der Waals surface area (Å²) < 4.78 is 0. The summed E-state index contributed by atoms with van der Waals surface area (Å²) in [6.07, 6.45) is -1.69. The first-order chi connectivity index (χ1) is 4.09. The van der Waals surface area contributed by atoms with Gasteiger partial charge in [-0.15, -0.1) is 0 Å². The molecule has 0 aliphatic rings. The molecule has 0 amide bonds. The highest BCUT2D eigenvalue weighted by Gasteiger charge is 2.17. The Hall–Kier alpha value is -0.160. The quantitative estimate of drug-likeness (QED) is 0.343. The van der Waals surface area contributed by atoms with Crippen molar-refractivity contribution in [1.82, 2.24) is 0 Å². The van der Waals surface area contributed by atoms with Gasteiger partial charge in [0.05, 0.1) is 6.10 Å². The first kappa shape index (κ1) is 8.84. The lowest BCUT2D eigenvalue weighted by molar-refractivity contribution is 0.0303. The van der Waals surface area contributed by atoms with Gasteiger partial charge in [0.25, 0.3) is 0 Å². The number of rotatable bonds is 3. The lowest BCUT2D eigenvalue weighted by Crippen LogP contribution is -2.39. The van der Waals surface area contributed by atoms with Crippen molar-refractivity contribution >= 4 is 0 Å². The van der Waals surface area contributed by atoms with Crippen molar-refractivity contribution in [1.29, 1.82) is 0 Å². The fourth-order valence-electron chi connectivity index (χ4n) is 0.442. The van der Waals surface area contributed by atoms with Crippen LogP contribution in [0, 0.1) is 5.92 Å². The number of nitrogens with two attached hydrogens (primary N) is 2. The fourth-order valence-corrected chi connectivity index (χ4v) is 0.442. The number of aliphatic hydroxyl groups excluding tert-OH is 2. The van der Waals surface area contributed by atoms with Crippen LogP contribution in [0.3, 0.4) is 0 Å². The molecule has 0 bridgehead atoms. The van der Waals surface area contributed by atoms with E-state index < -0.39 is 12.3 Å². The first-order valence-corrected chi connectivity index (χ1v) is 2.91. The first-order valence-electron chi connectivity index (χ1n) is 2.91. The molecule has 4 nitrogen and oxygen atoms in total. The zero-order valence-corrected chi connectivity index (χ0v) is 5.49. The topological polar surface area (TPSA) is 92.5 Å². The Morgan fingerprint density at radius 3 is 2.00 bits per heavy atom. The molecule has 0 aromatic heterocycles. The van der Waals surface area contributed by atoms with E-state index in [1.54, 1.807) is 6.92 Å². The van der Waals surface area contributed by atoms with Gasteiger partial charge in [-0.2, -0.15) is 0 Å². The molecule has 4 heteroatoms. The van der Waals surface area contributed by atoms with Crippen LogP contribution in [0.5, 0.6) is 0 Å². The standard InChI is InChI=1S/C5H14N2O2/c1-3(5(7)9)4(8)2-6/h3-5,8-9H,2,6-7H2,1H3. The van der Waals surface area contributed by atoms with E-state index in [9.17, 15) is 0 Å². The molecule has 9 heavy (non-hydrogen) atoms. The molecular formula is C5H14N2O2. The Morgan fingerprint density at radius 2 is 1.89 bits per heavy atom. The summed E-state index contributed by atoms with van der Waals surface area (Å²) in [4.78, 5) is 0. The van der Waals surface area contributed by atoms with Gasteiger partial charge in [0.2, 0.25) is 0 Å². The maximum absolute atomic E-state index is 8.93. The van der Waals surface area contributed by atoms with Crippen LogP contribution in [0.4, 0.5) is 0 Å². The van der Waals surface area contributed by atoms with Crippen molar-refractivity contribution in [3.8, 4) is 0 Å². The van der Waals surface area contributed by atoms with Crippen molar-refractivity contribution in [3.63, 3.8) is 0 Å². The Bertz CT molecular complexity index is 77.4. The summed E-state index contributed by atoms with van der Waals surface area (Å²) in [6, 6.07) is 0. The van der Waals surface area contributed by atoms with Crippen LogP contribution < -0.4 is 11.5 Å². The largest absolute Gasteiger partial charge is 0.391 e. The summed E-state index contributed by atoms with van der Waals surface area (Å²) in [5.74, 6) is -0.352. The Morgan fingerprint density at radius 1 is 1.44 bits per heavy atom. The summed E-state index contributed by atoms with van der Waals surface area (Å²) in [7, 11) is 0. The Labute approximate surface area is 54.5 Å². The van der Waals surface area contributed by atoms with Crippen molar-refractivity contribution in [2.75, 3.05) is 6.54 Å². The smallest absolute Gasteiger partial charge is 0.107 e. The summed E-state index contributed by atoms with van der Waals surface area (Å²) >= 11 is 0. The Balaban J connectivity index is 3.58. The van der Waals surface area contributed by atoms with Crippen LogP contribution in [-0.4, -0.2) is 29.1 Å². The van der Waals surface area contributed by atoms with E-state index in [0.29, 0.717) is 0 Å². The average Bonchev–Trinajstić information content (AvgIpc) is 1.84. The van der Waals surface area contributed by atoms with Gasteiger partial charge in [0, 0.05) is 12.5 Å². The van der Waals surface area contributed by atoms with Crippen molar-refractivity contribution in [2.45, 2.75) is 19.3 Å². The number of hydrogen-bond donors (Lipinski definition) is 4. The lowest BCUT2D eigenvalue weighted by atomic mass is 10.0. The van der Waals surface area contributed by atoms with Gasteiger partial charge in [0.1, 0.15) is 6.23 Å². The molecule has 56 valence electrons. The van der Waals surface area contributed by atoms with Gasteiger partial charge in [-0.05, 0) is 0 Å². The molecule has 6 N–H and O–H groups in total. The van der Waals surface area contributed by atoms with Gasteiger partial charge in [0.15, 0.2) is 0 Å². The van der Waals surface area contributed by atoms with Crippen molar-refractivity contribution in [3.05, 3.63) is 0 Å². The van der Waals surface area contributed by atoms with Crippen LogP contribution in [-0.2, 0) is 0 Å². The third kappa shape index (κ3) is 2.76. The SMILES string of the molecule is CC(C(N)O)C(O)CN. The zero-order valence-electron chi connectivity index (χ0n) is 5.49. The monoisotopic (exact) mass is 134 g/mol. The van der Waals surface area contributed by atoms with Crippen molar-refractivity contribution in [2.24, 2.45) is 17.4 Å². The number of aliphatic hydroxyl groups is 2. The highest BCUT2D eigenvalue weighted by atomic mass is 16.3. The van der Waals surface area contributed by atoms with Gasteiger partial charge in [-0.1, -0.05) is 6.92 Å². The molecule has 0 aromatic rings. The molecule has 0 saturated carbocycles. The predicted molar refractivity (Wildman–Crippen MR) is 34.4 cm³/mol. The average molecular weight is 134 g/mol. The molecular weight excluding hydrogens is 120 g/mol. The molecule has 0 heterocycles. The van der Waals surface area contributed by atoms with Crippen LogP contribution in [0.15, 0.2) is 0 Å².